The lowest BCUT2D eigenvalue weighted by Gasteiger charge is -2.23. The molecule has 0 unspecified atom stereocenters. The maximum Gasteiger partial charge on any atom is 0.241 e. The minimum atomic E-state index is -0.203. The maximum absolute atomic E-state index is 12.2. The molecule has 1 heterocycles. The number of carbonyl (C=O) groups is 1. The molecule has 3 nitrogen and oxygen atoms in total. The number of hydrogen-bond donors (Lipinski definition) is 1. The second-order valence-corrected chi connectivity index (χ2v) is 5.94. The summed E-state index contributed by atoms with van der Waals surface area (Å²) in [6.45, 7) is 2.66. The number of halogens is 1. The summed E-state index contributed by atoms with van der Waals surface area (Å²) in [5.41, 5.74) is 1.99. The van der Waals surface area contributed by atoms with Gasteiger partial charge in [-0.1, -0.05) is 11.6 Å². The number of benzene rings is 1. The zero-order valence-electron chi connectivity index (χ0n) is 11.5. The summed E-state index contributed by atoms with van der Waals surface area (Å²) < 4.78 is 0. The van der Waals surface area contributed by atoms with E-state index in [9.17, 15) is 4.79 Å². The largest absolute Gasteiger partial charge is 0.325 e. The Balaban J connectivity index is 1.92. The molecule has 0 aliphatic heterocycles. The van der Waals surface area contributed by atoms with Crippen molar-refractivity contribution in [1.82, 2.24) is 4.90 Å². The topological polar surface area (TPSA) is 32.3 Å². The van der Waals surface area contributed by atoms with Crippen molar-refractivity contribution in [3.63, 3.8) is 0 Å². The highest BCUT2D eigenvalue weighted by molar-refractivity contribution is 7.07. The second-order valence-electron chi connectivity index (χ2n) is 4.72. The van der Waals surface area contributed by atoms with Crippen molar-refractivity contribution in [2.75, 3.05) is 12.4 Å². The van der Waals surface area contributed by atoms with Crippen molar-refractivity contribution in [3.8, 4) is 0 Å². The van der Waals surface area contributed by atoms with Crippen molar-refractivity contribution in [2.24, 2.45) is 0 Å². The van der Waals surface area contributed by atoms with Crippen molar-refractivity contribution < 1.29 is 4.79 Å². The molecule has 0 aliphatic rings. The highest BCUT2D eigenvalue weighted by atomic mass is 35.5. The molecular formula is C15H17ClN2OS. The third-order valence-corrected chi connectivity index (χ3v) is 4.15. The van der Waals surface area contributed by atoms with E-state index in [1.807, 2.05) is 24.3 Å². The van der Waals surface area contributed by atoms with Crippen molar-refractivity contribution in [3.05, 3.63) is 51.7 Å². The molecule has 1 atom stereocenters. The number of rotatable bonds is 5. The van der Waals surface area contributed by atoms with Gasteiger partial charge in [0.2, 0.25) is 5.91 Å². The van der Waals surface area contributed by atoms with Gasteiger partial charge in [-0.25, -0.2) is 0 Å². The summed E-state index contributed by atoms with van der Waals surface area (Å²) in [7, 11) is 1.95. The third kappa shape index (κ3) is 4.07. The Bertz CT molecular complexity index is 554. The van der Waals surface area contributed by atoms with E-state index in [-0.39, 0.29) is 11.9 Å². The Morgan fingerprint density at radius 3 is 2.65 bits per heavy atom. The van der Waals surface area contributed by atoms with Gasteiger partial charge in [-0.05, 0) is 60.6 Å². The monoisotopic (exact) mass is 308 g/mol. The number of likely N-dealkylation sites (N-methyl/N-ethyl adjacent to an activating group) is 1. The van der Waals surface area contributed by atoms with E-state index in [0.29, 0.717) is 5.02 Å². The standard InChI is InChI=1S/C15H17ClN2OS/c1-11(18(2)9-12-7-8-20-10-12)15(19)17-14-5-3-13(16)4-6-14/h3-8,10-11H,9H2,1-2H3,(H,17,19)/t11-/m0/s1. The van der Waals surface area contributed by atoms with Crippen LogP contribution in [0.4, 0.5) is 5.69 Å². The van der Waals surface area contributed by atoms with Gasteiger partial charge in [0, 0.05) is 17.3 Å². The summed E-state index contributed by atoms with van der Waals surface area (Å²) >= 11 is 7.49. The molecular weight excluding hydrogens is 292 g/mol. The number of hydrogen-bond acceptors (Lipinski definition) is 3. The minimum Gasteiger partial charge on any atom is -0.325 e. The number of amides is 1. The first kappa shape index (κ1) is 15.0. The zero-order chi connectivity index (χ0) is 14.5. The first-order valence-corrected chi connectivity index (χ1v) is 7.66. The molecule has 0 aliphatic carbocycles. The predicted octanol–water partition coefficient (Wildman–Crippen LogP) is 3.86. The lowest BCUT2D eigenvalue weighted by atomic mass is 10.2. The Morgan fingerprint density at radius 2 is 2.05 bits per heavy atom. The molecule has 1 N–H and O–H groups in total. The molecule has 20 heavy (non-hydrogen) atoms. The van der Waals surface area contributed by atoms with Crippen LogP contribution in [0, 0.1) is 0 Å². The van der Waals surface area contributed by atoms with Crippen LogP contribution in [-0.2, 0) is 11.3 Å². The smallest absolute Gasteiger partial charge is 0.241 e. The van der Waals surface area contributed by atoms with Gasteiger partial charge in [-0.3, -0.25) is 9.69 Å². The predicted molar refractivity (Wildman–Crippen MR) is 85.3 cm³/mol. The van der Waals surface area contributed by atoms with Gasteiger partial charge < -0.3 is 5.32 Å². The molecule has 0 saturated carbocycles. The molecule has 0 saturated heterocycles. The zero-order valence-corrected chi connectivity index (χ0v) is 13.0. The van der Waals surface area contributed by atoms with E-state index in [2.05, 4.69) is 16.8 Å². The summed E-state index contributed by atoms with van der Waals surface area (Å²) in [6, 6.07) is 8.99. The van der Waals surface area contributed by atoms with Crippen molar-refractivity contribution in [1.29, 1.82) is 0 Å². The van der Waals surface area contributed by atoms with Crippen LogP contribution in [0.15, 0.2) is 41.1 Å². The van der Waals surface area contributed by atoms with Gasteiger partial charge >= 0.3 is 0 Å². The second kappa shape index (κ2) is 6.88. The molecule has 0 fully saturated rings. The molecule has 106 valence electrons. The quantitative estimate of drug-likeness (QED) is 0.909. The van der Waals surface area contributed by atoms with Crippen LogP contribution < -0.4 is 5.32 Å². The molecule has 1 aromatic carbocycles. The number of thiophene rings is 1. The molecule has 2 rings (SSSR count). The first-order chi connectivity index (χ1) is 9.56. The Kier molecular flexibility index (Phi) is 5.17. The van der Waals surface area contributed by atoms with E-state index in [0.717, 1.165) is 12.2 Å². The number of nitrogens with zero attached hydrogens (tertiary/aromatic N) is 1. The number of anilines is 1. The average molecular weight is 309 g/mol. The lowest BCUT2D eigenvalue weighted by Crippen LogP contribution is -2.39. The van der Waals surface area contributed by atoms with Crippen molar-refractivity contribution in [2.45, 2.75) is 19.5 Å². The lowest BCUT2D eigenvalue weighted by molar-refractivity contribution is -0.120. The van der Waals surface area contributed by atoms with E-state index in [1.54, 1.807) is 35.6 Å². The van der Waals surface area contributed by atoms with Crippen LogP contribution in [-0.4, -0.2) is 23.9 Å². The van der Waals surface area contributed by atoms with Gasteiger partial charge in [0.05, 0.1) is 6.04 Å². The van der Waals surface area contributed by atoms with Gasteiger partial charge in [0.15, 0.2) is 0 Å². The van der Waals surface area contributed by atoms with Gasteiger partial charge in [0.1, 0.15) is 0 Å². The Morgan fingerprint density at radius 1 is 1.35 bits per heavy atom. The minimum absolute atomic E-state index is 0.0231. The summed E-state index contributed by atoms with van der Waals surface area (Å²) in [5, 5.41) is 7.69. The normalized spacial score (nSPS) is 12.4. The Labute approximate surface area is 128 Å². The summed E-state index contributed by atoms with van der Waals surface area (Å²) in [6.07, 6.45) is 0. The van der Waals surface area contributed by atoms with E-state index in [4.69, 9.17) is 11.6 Å². The number of carbonyl (C=O) groups excluding carboxylic acids is 1. The third-order valence-electron chi connectivity index (χ3n) is 3.16. The fraction of sp³-hybridized carbons (Fsp3) is 0.267. The van der Waals surface area contributed by atoms with Gasteiger partial charge in [-0.15, -0.1) is 0 Å². The number of nitrogens with one attached hydrogen (secondary N) is 1. The molecule has 5 heteroatoms. The van der Waals surface area contributed by atoms with Gasteiger partial charge in [-0.2, -0.15) is 11.3 Å². The maximum atomic E-state index is 12.2. The fourth-order valence-electron chi connectivity index (χ4n) is 1.79. The van der Waals surface area contributed by atoms with Crippen LogP contribution in [0.2, 0.25) is 5.02 Å². The van der Waals surface area contributed by atoms with Crippen LogP contribution >= 0.6 is 22.9 Å². The van der Waals surface area contributed by atoms with E-state index in [1.165, 1.54) is 5.56 Å². The van der Waals surface area contributed by atoms with Crippen LogP contribution in [0.1, 0.15) is 12.5 Å². The summed E-state index contributed by atoms with van der Waals surface area (Å²) in [4.78, 5) is 14.2. The highest BCUT2D eigenvalue weighted by Crippen LogP contribution is 2.15. The average Bonchev–Trinajstić information content (AvgIpc) is 2.93. The molecule has 0 spiro atoms. The highest BCUT2D eigenvalue weighted by Gasteiger charge is 2.18. The molecule has 2 aromatic rings. The van der Waals surface area contributed by atoms with E-state index < -0.39 is 0 Å². The van der Waals surface area contributed by atoms with Crippen molar-refractivity contribution >= 4 is 34.5 Å². The summed E-state index contributed by atoms with van der Waals surface area (Å²) in [5.74, 6) is -0.0231. The molecule has 0 bridgehead atoms. The van der Waals surface area contributed by atoms with E-state index >= 15 is 0 Å². The molecule has 0 radical (unpaired) electrons. The van der Waals surface area contributed by atoms with Crippen LogP contribution in [0.3, 0.4) is 0 Å². The molecule has 1 amide bonds. The fourth-order valence-corrected chi connectivity index (χ4v) is 2.57. The first-order valence-electron chi connectivity index (χ1n) is 6.34. The Hall–Kier alpha value is -1.36. The van der Waals surface area contributed by atoms with Crippen LogP contribution in [0.5, 0.6) is 0 Å². The molecule has 1 aromatic heterocycles. The van der Waals surface area contributed by atoms with Gasteiger partial charge in [0.25, 0.3) is 0 Å². The SMILES string of the molecule is C[C@@H](C(=O)Nc1ccc(Cl)cc1)N(C)Cc1ccsc1. The van der Waals surface area contributed by atoms with Crippen LogP contribution in [0.25, 0.3) is 0 Å².